The maximum Gasteiger partial charge on any atom is 0.0858 e. The fraction of sp³-hybridized carbons (Fsp3) is 0.844. The third-order valence-electron chi connectivity index (χ3n) is 13.0. The van der Waals surface area contributed by atoms with Crippen molar-refractivity contribution in [3.63, 3.8) is 0 Å². The minimum atomic E-state index is -0.831. The summed E-state index contributed by atoms with van der Waals surface area (Å²) in [6.45, 7) is 11.6. The molecule has 5 fully saturated rings. The minimum absolute atomic E-state index is 0.477. The summed E-state index contributed by atoms with van der Waals surface area (Å²) >= 11 is 0. The van der Waals surface area contributed by atoms with Gasteiger partial charge < -0.3 is 9.84 Å². The van der Waals surface area contributed by atoms with E-state index in [0.717, 1.165) is 47.3 Å². The second-order valence-electron chi connectivity index (χ2n) is 14.5. The Morgan fingerprint density at radius 3 is 2.66 bits per heavy atom. The molecular weight excluding hydrogens is 430 g/mol. The molecule has 0 aliphatic heterocycles. The molecule has 1 N–H and O–H groups in total. The lowest BCUT2D eigenvalue weighted by Gasteiger charge is -2.61. The van der Waals surface area contributed by atoms with E-state index in [1.54, 1.807) is 0 Å². The molecule has 0 saturated heterocycles. The number of ether oxygens (including phenoxy) is 1. The number of aliphatic hydroxyl groups is 1. The smallest absolute Gasteiger partial charge is 0.0858 e. The lowest BCUT2D eigenvalue weighted by molar-refractivity contribution is -0.161. The van der Waals surface area contributed by atoms with Crippen LogP contribution in [0.2, 0.25) is 0 Å². The van der Waals surface area contributed by atoms with E-state index in [1.807, 2.05) is 33.2 Å². The molecule has 0 radical (unpaired) electrons. The summed E-state index contributed by atoms with van der Waals surface area (Å²) in [7, 11) is 2.01. The summed E-state index contributed by atoms with van der Waals surface area (Å²) in [5.74, 6) is 5.13. The Labute approximate surface area is 213 Å². The topological polar surface area (TPSA) is 42.4 Å². The van der Waals surface area contributed by atoms with E-state index in [-0.39, 0.29) is 0 Å². The first kappa shape index (κ1) is 24.4. The molecule has 0 aromatic carbocycles. The van der Waals surface area contributed by atoms with Crippen molar-refractivity contribution in [3.05, 3.63) is 29.6 Å². The Bertz CT molecular complexity index is 969. The largest absolute Gasteiger partial charge is 0.386 e. The van der Waals surface area contributed by atoms with Crippen molar-refractivity contribution in [1.82, 2.24) is 4.98 Å². The van der Waals surface area contributed by atoms with E-state index in [9.17, 15) is 5.11 Å². The predicted octanol–water partition coefficient (Wildman–Crippen LogP) is 7.16. The van der Waals surface area contributed by atoms with Crippen molar-refractivity contribution in [1.29, 1.82) is 0 Å². The summed E-state index contributed by atoms with van der Waals surface area (Å²) in [6, 6.07) is 4.01. The average molecular weight is 480 g/mol. The molecular formula is C32H49NO2. The van der Waals surface area contributed by atoms with E-state index in [2.05, 4.69) is 31.8 Å². The molecule has 35 heavy (non-hydrogen) atoms. The van der Waals surface area contributed by atoms with Crippen molar-refractivity contribution in [2.24, 2.45) is 51.8 Å². The van der Waals surface area contributed by atoms with Crippen LogP contribution in [0.4, 0.5) is 0 Å². The number of rotatable bonds is 6. The lowest BCUT2D eigenvalue weighted by Crippen LogP contribution is -2.57. The molecule has 1 aromatic rings. The first-order valence-corrected chi connectivity index (χ1v) is 14.8. The van der Waals surface area contributed by atoms with Crippen LogP contribution in [0, 0.1) is 51.8 Å². The zero-order valence-corrected chi connectivity index (χ0v) is 23.1. The Morgan fingerprint density at radius 2 is 1.94 bits per heavy atom. The van der Waals surface area contributed by atoms with Gasteiger partial charge >= 0.3 is 0 Å². The first-order chi connectivity index (χ1) is 16.6. The third kappa shape index (κ3) is 3.32. The van der Waals surface area contributed by atoms with Crippen LogP contribution in [0.3, 0.4) is 0 Å². The summed E-state index contributed by atoms with van der Waals surface area (Å²) in [5, 5.41) is 10.7. The van der Waals surface area contributed by atoms with Crippen LogP contribution in [0.5, 0.6) is 0 Å². The van der Waals surface area contributed by atoms with Gasteiger partial charge in [-0.05, 0) is 130 Å². The number of aromatic nitrogens is 1. The number of aryl methyl sites for hydroxylation is 1. The van der Waals surface area contributed by atoms with Gasteiger partial charge in [-0.25, -0.2) is 0 Å². The zero-order valence-electron chi connectivity index (χ0n) is 23.1. The summed E-state index contributed by atoms with van der Waals surface area (Å²) in [5.41, 5.74) is 2.78. The maximum atomic E-state index is 10.7. The van der Waals surface area contributed by atoms with E-state index in [0.29, 0.717) is 28.3 Å². The zero-order chi connectivity index (χ0) is 24.8. The Hall–Kier alpha value is -0.930. The molecule has 5 aliphatic carbocycles. The SMILES string of the molecule is COC1C[C@H]2[C@@H]3CC[C@H]([C@H](C)CCc4ncccc4C(C)(C)O)[C@@]3(C)CC[C@@H]2[C@@]2(C)CC[C@@H]3C[C@@]132. The van der Waals surface area contributed by atoms with Crippen molar-refractivity contribution in [2.45, 2.75) is 111 Å². The number of methoxy groups -OCH3 is 1. The molecule has 5 saturated carbocycles. The van der Waals surface area contributed by atoms with Crippen molar-refractivity contribution in [3.8, 4) is 0 Å². The van der Waals surface area contributed by atoms with Crippen LogP contribution in [0.25, 0.3) is 0 Å². The first-order valence-electron chi connectivity index (χ1n) is 14.8. The molecule has 1 spiro atoms. The lowest BCUT2D eigenvalue weighted by atomic mass is 9.45. The second kappa shape index (κ2) is 8.03. The molecule has 5 aliphatic rings. The summed E-state index contributed by atoms with van der Waals surface area (Å²) in [4.78, 5) is 4.69. The predicted molar refractivity (Wildman–Crippen MR) is 141 cm³/mol. The number of hydrogen-bond acceptors (Lipinski definition) is 3. The molecule has 1 aromatic heterocycles. The highest BCUT2D eigenvalue weighted by atomic mass is 16.5. The quantitative estimate of drug-likeness (QED) is 0.470. The molecule has 1 heterocycles. The number of hydrogen-bond donors (Lipinski definition) is 1. The van der Waals surface area contributed by atoms with Crippen molar-refractivity contribution in [2.75, 3.05) is 7.11 Å². The van der Waals surface area contributed by atoms with Gasteiger partial charge in [0.1, 0.15) is 0 Å². The minimum Gasteiger partial charge on any atom is -0.386 e. The fourth-order valence-electron chi connectivity index (χ4n) is 11.3. The Kier molecular flexibility index (Phi) is 5.60. The van der Waals surface area contributed by atoms with Gasteiger partial charge in [0.2, 0.25) is 0 Å². The highest BCUT2D eigenvalue weighted by Gasteiger charge is 2.77. The van der Waals surface area contributed by atoms with Gasteiger partial charge in [-0.3, -0.25) is 4.98 Å². The van der Waals surface area contributed by atoms with Crippen molar-refractivity contribution < 1.29 is 9.84 Å². The van der Waals surface area contributed by atoms with Gasteiger partial charge in [-0.2, -0.15) is 0 Å². The van der Waals surface area contributed by atoms with Crippen LogP contribution >= 0.6 is 0 Å². The molecule has 10 atom stereocenters. The molecule has 3 nitrogen and oxygen atoms in total. The van der Waals surface area contributed by atoms with Gasteiger partial charge in [-0.15, -0.1) is 0 Å². The molecule has 3 heteroatoms. The van der Waals surface area contributed by atoms with Gasteiger partial charge in [0, 0.05) is 30.0 Å². The Balaban J connectivity index is 1.20. The standard InChI is InChI=1S/C32H49NO2/c1-20(9-12-27-26(29(2,3)34)8-7-17-33-27)23-10-11-24-22-18-28(35-6)32-19-21(32)13-16-31(32,5)25(22)14-15-30(23,24)4/h7-8,17,20-25,28,34H,9-16,18-19H2,1-6H3/t20-,21-,22+,23-,24+,25+,28?,30-,31-,32+/m1/s1. The van der Waals surface area contributed by atoms with Gasteiger partial charge in [0.25, 0.3) is 0 Å². The molecule has 1 unspecified atom stereocenters. The normalized spacial score (nSPS) is 46.9. The molecule has 6 rings (SSSR count). The van der Waals surface area contributed by atoms with Crippen LogP contribution in [-0.4, -0.2) is 23.3 Å². The van der Waals surface area contributed by atoms with E-state index >= 15 is 0 Å². The van der Waals surface area contributed by atoms with Crippen LogP contribution in [-0.2, 0) is 16.8 Å². The molecule has 0 amide bonds. The van der Waals surface area contributed by atoms with Crippen LogP contribution in [0.1, 0.15) is 104 Å². The summed E-state index contributed by atoms with van der Waals surface area (Å²) in [6.07, 6.45) is 15.9. The van der Waals surface area contributed by atoms with Crippen LogP contribution < -0.4 is 0 Å². The van der Waals surface area contributed by atoms with E-state index in [1.165, 1.54) is 57.8 Å². The van der Waals surface area contributed by atoms with Gasteiger partial charge in [-0.1, -0.05) is 26.8 Å². The van der Waals surface area contributed by atoms with Gasteiger partial charge in [0.05, 0.1) is 11.7 Å². The van der Waals surface area contributed by atoms with Crippen molar-refractivity contribution >= 4 is 0 Å². The molecule has 0 bridgehead atoms. The number of pyridine rings is 1. The third-order valence-corrected chi connectivity index (χ3v) is 13.0. The molecule has 194 valence electrons. The average Bonchev–Trinajstić information content (AvgIpc) is 3.33. The number of nitrogens with zero attached hydrogens (tertiary/aromatic N) is 1. The maximum absolute atomic E-state index is 10.7. The van der Waals surface area contributed by atoms with Gasteiger partial charge in [0.15, 0.2) is 0 Å². The van der Waals surface area contributed by atoms with E-state index < -0.39 is 5.60 Å². The van der Waals surface area contributed by atoms with Crippen LogP contribution in [0.15, 0.2) is 18.3 Å². The Morgan fingerprint density at radius 1 is 1.14 bits per heavy atom. The fourth-order valence-corrected chi connectivity index (χ4v) is 11.3. The highest BCUT2D eigenvalue weighted by Crippen LogP contribution is 2.82. The second-order valence-corrected chi connectivity index (χ2v) is 14.5. The summed E-state index contributed by atoms with van der Waals surface area (Å²) < 4.78 is 6.32. The highest BCUT2D eigenvalue weighted by molar-refractivity contribution is 5.27. The monoisotopic (exact) mass is 479 g/mol. The van der Waals surface area contributed by atoms with E-state index in [4.69, 9.17) is 4.74 Å². The number of fused-ring (bicyclic) bond motifs is 4.